The number of carboxylic acids is 1. The van der Waals surface area contributed by atoms with Crippen LogP contribution in [0.15, 0.2) is 23.8 Å². The van der Waals surface area contributed by atoms with E-state index in [0.717, 1.165) is 12.8 Å². The van der Waals surface area contributed by atoms with Crippen molar-refractivity contribution in [2.75, 3.05) is 0 Å². The smallest absolute Gasteiger partial charge is 0.303 e. The minimum atomic E-state index is -0.663. The Morgan fingerprint density at radius 3 is 1.85 bits per heavy atom. The van der Waals surface area contributed by atoms with Gasteiger partial charge in [0.25, 0.3) is 0 Å². The molecule has 116 valence electrons. The van der Waals surface area contributed by atoms with Gasteiger partial charge in [-0.05, 0) is 33.1 Å². The number of carbonyl (C=O) groups is 1. The Bertz CT molecular complexity index is 286. The van der Waals surface area contributed by atoms with Crippen molar-refractivity contribution >= 4 is 5.97 Å². The molecule has 0 fully saturated rings. The zero-order chi connectivity index (χ0) is 15.1. The molecule has 0 bridgehead atoms. The predicted octanol–water partition coefficient (Wildman–Crippen LogP) is 5.88. The molecule has 0 unspecified atom stereocenters. The minimum absolute atomic E-state index is 0.334. The summed E-state index contributed by atoms with van der Waals surface area (Å²) in [5.41, 5.74) is 1.35. The molecule has 0 aliphatic rings. The van der Waals surface area contributed by atoms with Gasteiger partial charge in [-0.2, -0.15) is 0 Å². The molecule has 0 rings (SSSR count). The molecule has 0 atom stereocenters. The number of rotatable bonds is 13. The molecule has 0 aliphatic heterocycles. The average Bonchev–Trinajstić information content (AvgIpc) is 2.38. The monoisotopic (exact) mass is 280 g/mol. The van der Waals surface area contributed by atoms with Crippen molar-refractivity contribution in [3.05, 3.63) is 23.8 Å². The van der Waals surface area contributed by atoms with Crippen molar-refractivity contribution in [1.82, 2.24) is 0 Å². The van der Waals surface area contributed by atoms with Gasteiger partial charge >= 0.3 is 5.97 Å². The standard InChI is InChI=1S/C18H32O2/c1-17(2)15-13-11-9-7-5-3-4-6-8-10-12-14-16-18(19)20/h11,13,15H,3-10,12,14,16H2,1-2H3,(H,19,20). The maximum atomic E-state index is 10.3. The summed E-state index contributed by atoms with van der Waals surface area (Å²) in [4.78, 5) is 10.3. The molecule has 0 aromatic heterocycles. The van der Waals surface area contributed by atoms with Gasteiger partial charge < -0.3 is 5.11 Å². The normalized spacial score (nSPS) is 10.9. The lowest BCUT2D eigenvalue weighted by molar-refractivity contribution is -0.137. The number of unbranched alkanes of at least 4 members (excludes halogenated alkanes) is 9. The molecule has 2 nitrogen and oxygen atoms in total. The zero-order valence-electron chi connectivity index (χ0n) is 13.4. The first-order valence-electron chi connectivity index (χ1n) is 8.14. The molecule has 0 aromatic carbocycles. The quantitative estimate of drug-likeness (QED) is 0.337. The highest BCUT2D eigenvalue weighted by molar-refractivity contribution is 5.66. The van der Waals surface area contributed by atoms with Gasteiger partial charge in [-0.1, -0.05) is 68.7 Å². The van der Waals surface area contributed by atoms with E-state index in [9.17, 15) is 4.79 Å². The number of carboxylic acid groups (broad SMARTS) is 1. The van der Waals surface area contributed by atoms with Gasteiger partial charge in [0.2, 0.25) is 0 Å². The van der Waals surface area contributed by atoms with Crippen molar-refractivity contribution in [2.24, 2.45) is 0 Å². The summed E-state index contributed by atoms with van der Waals surface area (Å²) in [5.74, 6) is -0.663. The Kier molecular flexibility index (Phi) is 13.6. The zero-order valence-corrected chi connectivity index (χ0v) is 13.4. The number of hydrogen-bond donors (Lipinski definition) is 1. The first kappa shape index (κ1) is 18.9. The lowest BCUT2D eigenvalue weighted by atomic mass is 10.1. The molecular formula is C18H32O2. The summed E-state index contributed by atoms with van der Waals surface area (Å²) in [6.45, 7) is 4.23. The van der Waals surface area contributed by atoms with Crippen molar-refractivity contribution in [2.45, 2.75) is 84.5 Å². The van der Waals surface area contributed by atoms with Crippen LogP contribution in [0.4, 0.5) is 0 Å². The summed E-state index contributed by atoms with van der Waals surface area (Å²) in [7, 11) is 0. The van der Waals surface area contributed by atoms with E-state index in [1.54, 1.807) is 0 Å². The molecule has 0 aliphatic carbocycles. The van der Waals surface area contributed by atoms with Crippen LogP contribution in [-0.4, -0.2) is 11.1 Å². The van der Waals surface area contributed by atoms with E-state index in [1.807, 2.05) is 0 Å². The highest BCUT2D eigenvalue weighted by Gasteiger charge is 1.96. The van der Waals surface area contributed by atoms with Gasteiger partial charge in [-0.3, -0.25) is 4.79 Å². The van der Waals surface area contributed by atoms with Gasteiger partial charge in [-0.15, -0.1) is 0 Å². The maximum absolute atomic E-state index is 10.3. The third kappa shape index (κ3) is 16.9. The minimum Gasteiger partial charge on any atom is -0.481 e. The number of aliphatic carboxylic acids is 1. The Morgan fingerprint density at radius 2 is 1.35 bits per heavy atom. The fraction of sp³-hybridized carbons (Fsp3) is 0.722. The molecule has 0 saturated heterocycles. The van der Waals surface area contributed by atoms with Crippen molar-refractivity contribution in [3.8, 4) is 0 Å². The number of allylic oxidation sites excluding steroid dienone is 4. The van der Waals surface area contributed by atoms with E-state index in [-0.39, 0.29) is 0 Å². The molecule has 0 amide bonds. The SMILES string of the molecule is CC(C)=CC=CCCCCCCCCCCCC(=O)O. The van der Waals surface area contributed by atoms with E-state index < -0.39 is 5.97 Å². The van der Waals surface area contributed by atoms with E-state index in [2.05, 4.69) is 32.1 Å². The fourth-order valence-electron chi connectivity index (χ4n) is 2.13. The summed E-state index contributed by atoms with van der Waals surface area (Å²) >= 11 is 0. The Balaban J connectivity index is 3.12. The molecule has 0 radical (unpaired) electrons. The maximum Gasteiger partial charge on any atom is 0.303 e. The average molecular weight is 280 g/mol. The second-order valence-corrected chi connectivity index (χ2v) is 5.79. The third-order valence-corrected chi connectivity index (χ3v) is 3.33. The topological polar surface area (TPSA) is 37.3 Å². The molecule has 0 spiro atoms. The van der Waals surface area contributed by atoms with Gasteiger partial charge in [0.15, 0.2) is 0 Å². The summed E-state index contributed by atoms with van der Waals surface area (Å²) < 4.78 is 0. The van der Waals surface area contributed by atoms with Gasteiger partial charge in [-0.25, -0.2) is 0 Å². The van der Waals surface area contributed by atoms with Crippen LogP contribution in [0.5, 0.6) is 0 Å². The van der Waals surface area contributed by atoms with Crippen LogP contribution in [0.3, 0.4) is 0 Å². The molecule has 2 heteroatoms. The van der Waals surface area contributed by atoms with Crippen molar-refractivity contribution in [3.63, 3.8) is 0 Å². The molecule has 20 heavy (non-hydrogen) atoms. The molecule has 0 aromatic rings. The van der Waals surface area contributed by atoms with E-state index >= 15 is 0 Å². The largest absolute Gasteiger partial charge is 0.481 e. The molecule has 1 N–H and O–H groups in total. The van der Waals surface area contributed by atoms with Gasteiger partial charge in [0, 0.05) is 6.42 Å². The summed E-state index contributed by atoms with van der Waals surface area (Å²) in [6, 6.07) is 0. The van der Waals surface area contributed by atoms with Gasteiger partial charge in [0.1, 0.15) is 0 Å². The molecule has 0 saturated carbocycles. The van der Waals surface area contributed by atoms with Crippen LogP contribution in [-0.2, 0) is 4.79 Å². The lowest BCUT2D eigenvalue weighted by Gasteiger charge is -2.01. The van der Waals surface area contributed by atoms with Crippen LogP contribution in [0.1, 0.15) is 84.5 Å². The first-order chi connectivity index (χ1) is 9.63. The molecular weight excluding hydrogens is 248 g/mol. The lowest BCUT2D eigenvalue weighted by Crippen LogP contribution is -1.93. The second kappa shape index (κ2) is 14.4. The second-order valence-electron chi connectivity index (χ2n) is 5.79. The van der Waals surface area contributed by atoms with Crippen LogP contribution in [0, 0.1) is 0 Å². The third-order valence-electron chi connectivity index (χ3n) is 3.33. The van der Waals surface area contributed by atoms with Crippen LogP contribution >= 0.6 is 0 Å². The van der Waals surface area contributed by atoms with E-state index in [1.165, 1.54) is 56.9 Å². The highest BCUT2D eigenvalue weighted by Crippen LogP contribution is 2.11. The van der Waals surface area contributed by atoms with E-state index in [4.69, 9.17) is 5.11 Å². The Morgan fingerprint density at radius 1 is 0.850 bits per heavy atom. The number of hydrogen-bond acceptors (Lipinski definition) is 1. The van der Waals surface area contributed by atoms with Crippen molar-refractivity contribution < 1.29 is 9.90 Å². The highest BCUT2D eigenvalue weighted by atomic mass is 16.4. The van der Waals surface area contributed by atoms with Crippen LogP contribution < -0.4 is 0 Å². The van der Waals surface area contributed by atoms with E-state index in [0.29, 0.717) is 6.42 Å². The first-order valence-corrected chi connectivity index (χ1v) is 8.14. The summed E-state index contributed by atoms with van der Waals surface area (Å²) in [5, 5.41) is 8.51. The van der Waals surface area contributed by atoms with Crippen LogP contribution in [0.2, 0.25) is 0 Å². The molecule has 0 heterocycles. The Hall–Kier alpha value is -1.05. The van der Waals surface area contributed by atoms with Crippen molar-refractivity contribution in [1.29, 1.82) is 0 Å². The van der Waals surface area contributed by atoms with Gasteiger partial charge in [0.05, 0.1) is 0 Å². The predicted molar refractivity (Wildman–Crippen MR) is 87.0 cm³/mol. The summed E-state index contributed by atoms with van der Waals surface area (Å²) in [6.07, 6.45) is 19.1. The van der Waals surface area contributed by atoms with Crippen LogP contribution in [0.25, 0.3) is 0 Å². The Labute approximate surface area is 125 Å². The fourth-order valence-corrected chi connectivity index (χ4v) is 2.13.